The summed E-state index contributed by atoms with van der Waals surface area (Å²) < 4.78 is 10.2. The van der Waals surface area contributed by atoms with E-state index in [1.807, 2.05) is 20.8 Å². The highest BCUT2D eigenvalue weighted by Gasteiger charge is 2.42. The molecule has 24 heavy (non-hydrogen) atoms. The molecular weight excluding hydrogens is 314 g/mol. The molecule has 1 fully saturated rings. The Bertz CT molecular complexity index is 456. The number of carbonyl (C=O) groups excluding carboxylic acids is 2. The minimum atomic E-state index is -1.04. The van der Waals surface area contributed by atoms with E-state index in [0.717, 1.165) is 0 Å². The average molecular weight is 343 g/mol. The van der Waals surface area contributed by atoms with Crippen LogP contribution in [0.2, 0.25) is 0 Å². The second-order valence-corrected chi connectivity index (χ2v) is 7.26. The highest BCUT2D eigenvalue weighted by atomic mass is 16.6. The van der Waals surface area contributed by atoms with Gasteiger partial charge in [-0.2, -0.15) is 0 Å². The number of carboxylic acid groups (broad SMARTS) is 1. The van der Waals surface area contributed by atoms with Crippen LogP contribution >= 0.6 is 0 Å². The van der Waals surface area contributed by atoms with Crippen LogP contribution in [0.5, 0.6) is 0 Å². The molecule has 2 unspecified atom stereocenters. The van der Waals surface area contributed by atoms with Crippen LogP contribution in [0.3, 0.4) is 0 Å². The van der Waals surface area contributed by atoms with Crippen LogP contribution in [-0.2, 0) is 19.1 Å². The van der Waals surface area contributed by atoms with E-state index in [0.29, 0.717) is 32.3 Å². The third kappa shape index (κ3) is 6.37. The van der Waals surface area contributed by atoms with Gasteiger partial charge in [0.2, 0.25) is 0 Å². The molecule has 1 heterocycles. The van der Waals surface area contributed by atoms with E-state index in [-0.39, 0.29) is 30.5 Å². The molecule has 2 atom stereocenters. The van der Waals surface area contributed by atoms with Crippen LogP contribution in [-0.4, -0.2) is 53.3 Å². The summed E-state index contributed by atoms with van der Waals surface area (Å²) in [5.74, 6) is -1.38. The topological polar surface area (TPSA) is 93.1 Å². The fourth-order valence-corrected chi connectivity index (χ4v) is 2.72. The molecular formula is C17H29NO6. The summed E-state index contributed by atoms with van der Waals surface area (Å²) in [6, 6.07) is -1.20. The van der Waals surface area contributed by atoms with Crippen molar-refractivity contribution in [3.63, 3.8) is 0 Å². The summed E-state index contributed by atoms with van der Waals surface area (Å²) in [6.45, 7) is 8.40. The first kappa shape index (κ1) is 20.3. The maximum Gasteiger partial charge on any atom is 0.410 e. The number of aliphatic carboxylic acids is 1. The largest absolute Gasteiger partial charge is 0.480 e. The van der Waals surface area contributed by atoms with Gasteiger partial charge < -0.3 is 14.6 Å². The number of hydrogen-bond donors (Lipinski definition) is 1. The molecule has 0 spiro atoms. The molecule has 0 aliphatic carbocycles. The molecule has 0 bridgehead atoms. The molecule has 0 aromatic rings. The lowest BCUT2D eigenvalue weighted by molar-refractivity contribution is -0.143. The number of nitrogens with zero attached hydrogens (tertiary/aromatic N) is 1. The second kappa shape index (κ2) is 8.89. The van der Waals surface area contributed by atoms with Crippen molar-refractivity contribution in [2.24, 2.45) is 5.41 Å². The summed E-state index contributed by atoms with van der Waals surface area (Å²) >= 11 is 0. The maximum atomic E-state index is 12.4. The zero-order valence-corrected chi connectivity index (χ0v) is 15.0. The fraction of sp³-hybridized carbons (Fsp3) is 0.824. The standard InChI is InChI=1S/C17H29NO6/c1-5-23-14(19)9-7-12-6-8-13(15(20)21)18(12)16(22)24-11-10-17(2,3)4/h12-13H,5-11H2,1-4H3,(H,20,21). The van der Waals surface area contributed by atoms with Crippen LogP contribution < -0.4 is 0 Å². The molecule has 1 rings (SSSR count). The van der Waals surface area contributed by atoms with Crippen molar-refractivity contribution >= 4 is 18.0 Å². The minimum absolute atomic E-state index is 0.0286. The van der Waals surface area contributed by atoms with Gasteiger partial charge in [0.25, 0.3) is 0 Å². The van der Waals surface area contributed by atoms with Crippen LogP contribution in [0.25, 0.3) is 0 Å². The zero-order valence-electron chi connectivity index (χ0n) is 15.0. The first-order valence-electron chi connectivity index (χ1n) is 8.49. The smallest absolute Gasteiger partial charge is 0.410 e. The van der Waals surface area contributed by atoms with Gasteiger partial charge in [0.05, 0.1) is 13.2 Å². The summed E-state index contributed by atoms with van der Waals surface area (Å²) in [5, 5.41) is 9.33. The Balaban J connectivity index is 2.65. The molecule has 1 saturated heterocycles. The van der Waals surface area contributed by atoms with Crippen LogP contribution in [0.4, 0.5) is 4.79 Å². The van der Waals surface area contributed by atoms with E-state index in [4.69, 9.17) is 9.47 Å². The molecule has 0 aromatic carbocycles. The fourth-order valence-electron chi connectivity index (χ4n) is 2.72. The van der Waals surface area contributed by atoms with E-state index in [2.05, 4.69) is 0 Å². The van der Waals surface area contributed by atoms with E-state index in [1.165, 1.54) is 4.90 Å². The quantitative estimate of drug-likeness (QED) is 0.715. The van der Waals surface area contributed by atoms with Gasteiger partial charge >= 0.3 is 18.0 Å². The van der Waals surface area contributed by atoms with Crippen molar-refractivity contribution in [3.05, 3.63) is 0 Å². The molecule has 0 aromatic heterocycles. The highest BCUT2D eigenvalue weighted by molar-refractivity contribution is 5.81. The van der Waals surface area contributed by atoms with Crippen molar-refractivity contribution in [1.29, 1.82) is 0 Å². The van der Waals surface area contributed by atoms with Crippen molar-refractivity contribution in [2.75, 3.05) is 13.2 Å². The lowest BCUT2D eigenvalue weighted by Gasteiger charge is -2.28. The lowest BCUT2D eigenvalue weighted by Crippen LogP contribution is -2.45. The first-order chi connectivity index (χ1) is 11.2. The molecule has 1 N–H and O–H groups in total. The Morgan fingerprint density at radius 2 is 1.83 bits per heavy atom. The Hall–Kier alpha value is -1.79. The Kier molecular flexibility index (Phi) is 7.51. The monoisotopic (exact) mass is 343 g/mol. The average Bonchev–Trinajstić information content (AvgIpc) is 2.88. The van der Waals surface area contributed by atoms with E-state index < -0.39 is 18.1 Å². The van der Waals surface area contributed by atoms with Gasteiger partial charge in [0.1, 0.15) is 6.04 Å². The number of ether oxygens (including phenoxy) is 2. The number of carbonyl (C=O) groups is 3. The second-order valence-electron chi connectivity index (χ2n) is 7.26. The van der Waals surface area contributed by atoms with E-state index in [1.54, 1.807) is 6.92 Å². The molecule has 1 amide bonds. The van der Waals surface area contributed by atoms with Gasteiger partial charge in [0, 0.05) is 12.5 Å². The molecule has 1 aliphatic rings. The predicted molar refractivity (Wildman–Crippen MR) is 87.6 cm³/mol. The third-order valence-corrected chi connectivity index (χ3v) is 4.06. The number of amides is 1. The van der Waals surface area contributed by atoms with E-state index >= 15 is 0 Å². The SMILES string of the molecule is CCOC(=O)CCC1CCC(C(=O)O)N1C(=O)OCCC(C)(C)C. The molecule has 1 aliphatic heterocycles. The molecule has 0 radical (unpaired) electrons. The number of carboxylic acids is 1. The summed E-state index contributed by atoms with van der Waals surface area (Å²) in [5.41, 5.74) is 0.0286. The van der Waals surface area contributed by atoms with Gasteiger partial charge in [-0.1, -0.05) is 20.8 Å². The maximum absolute atomic E-state index is 12.4. The van der Waals surface area contributed by atoms with Gasteiger partial charge in [-0.15, -0.1) is 0 Å². The number of rotatable bonds is 7. The van der Waals surface area contributed by atoms with Gasteiger partial charge in [-0.25, -0.2) is 9.59 Å². The van der Waals surface area contributed by atoms with Crippen molar-refractivity contribution in [1.82, 2.24) is 4.90 Å². The van der Waals surface area contributed by atoms with Crippen LogP contribution in [0, 0.1) is 5.41 Å². The number of hydrogen-bond acceptors (Lipinski definition) is 5. The number of likely N-dealkylation sites (tertiary alicyclic amines) is 1. The molecule has 7 nitrogen and oxygen atoms in total. The summed E-state index contributed by atoms with van der Waals surface area (Å²) in [4.78, 5) is 36.5. The Morgan fingerprint density at radius 3 is 2.38 bits per heavy atom. The zero-order chi connectivity index (χ0) is 18.3. The Morgan fingerprint density at radius 1 is 1.17 bits per heavy atom. The molecule has 138 valence electrons. The van der Waals surface area contributed by atoms with Gasteiger partial charge in [-0.3, -0.25) is 9.69 Å². The highest BCUT2D eigenvalue weighted by Crippen LogP contribution is 2.29. The molecule has 0 saturated carbocycles. The summed E-state index contributed by atoms with van der Waals surface area (Å²) in [6.07, 6.45) is 1.55. The molecule has 7 heteroatoms. The van der Waals surface area contributed by atoms with Crippen molar-refractivity contribution in [2.45, 2.75) is 71.9 Å². The van der Waals surface area contributed by atoms with Gasteiger partial charge in [0.15, 0.2) is 0 Å². The van der Waals surface area contributed by atoms with Crippen molar-refractivity contribution in [3.8, 4) is 0 Å². The van der Waals surface area contributed by atoms with Gasteiger partial charge in [-0.05, 0) is 38.0 Å². The van der Waals surface area contributed by atoms with Crippen LogP contribution in [0.15, 0.2) is 0 Å². The number of esters is 1. The van der Waals surface area contributed by atoms with E-state index in [9.17, 15) is 19.5 Å². The van der Waals surface area contributed by atoms with Crippen molar-refractivity contribution < 1.29 is 29.0 Å². The predicted octanol–water partition coefficient (Wildman–Crippen LogP) is 2.82. The van der Waals surface area contributed by atoms with Crippen LogP contribution in [0.1, 0.15) is 59.8 Å². The Labute approximate surface area is 143 Å². The third-order valence-electron chi connectivity index (χ3n) is 4.06. The normalized spacial score (nSPS) is 20.8. The first-order valence-corrected chi connectivity index (χ1v) is 8.49. The lowest BCUT2D eigenvalue weighted by atomic mass is 9.93. The summed E-state index contributed by atoms with van der Waals surface area (Å²) in [7, 11) is 0. The minimum Gasteiger partial charge on any atom is -0.480 e.